The molecule has 2 aromatic rings. The minimum atomic E-state index is -1.88. The van der Waals surface area contributed by atoms with Crippen LogP contribution in [0.4, 0.5) is 0 Å². The van der Waals surface area contributed by atoms with Crippen LogP contribution >= 0.6 is 0 Å². The van der Waals surface area contributed by atoms with E-state index >= 15 is 0 Å². The molecule has 51 heavy (non-hydrogen) atoms. The molecule has 2 heterocycles. The second-order valence-electron chi connectivity index (χ2n) is 15.3. The van der Waals surface area contributed by atoms with Crippen molar-refractivity contribution in [3.05, 3.63) is 84.5 Å². The van der Waals surface area contributed by atoms with Crippen LogP contribution in [0.1, 0.15) is 79.4 Å². The Bertz CT molecular complexity index is 1460. The summed E-state index contributed by atoms with van der Waals surface area (Å²) in [4.78, 5) is 36.0. The Morgan fingerprint density at radius 3 is 2.16 bits per heavy atom. The van der Waals surface area contributed by atoms with E-state index in [-0.39, 0.29) is 37.3 Å². The molecular formula is C41H58N2O8. The van der Waals surface area contributed by atoms with Crippen molar-refractivity contribution in [3.63, 3.8) is 0 Å². The van der Waals surface area contributed by atoms with Crippen LogP contribution in [-0.2, 0) is 46.5 Å². The Kier molecular flexibility index (Phi) is 14.3. The van der Waals surface area contributed by atoms with Crippen LogP contribution in [0.5, 0.6) is 0 Å². The van der Waals surface area contributed by atoms with E-state index in [9.17, 15) is 14.7 Å². The van der Waals surface area contributed by atoms with Gasteiger partial charge in [0.25, 0.3) is 0 Å². The van der Waals surface area contributed by atoms with Crippen molar-refractivity contribution < 1.29 is 38.4 Å². The molecule has 2 aliphatic carbocycles. The monoisotopic (exact) mass is 706 g/mol. The molecule has 0 spiro atoms. The van der Waals surface area contributed by atoms with E-state index in [1.807, 2.05) is 78.0 Å². The molecule has 0 amide bonds. The third kappa shape index (κ3) is 9.99. The minimum Gasteiger partial charge on any atom is -0.457 e. The number of fused-ring (bicyclic) bond motifs is 1. The van der Waals surface area contributed by atoms with E-state index in [2.05, 4.69) is 16.5 Å². The molecule has 1 N–H and O–H groups in total. The molecule has 1 fully saturated rings. The lowest BCUT2D eigenvalue weighted by molar-refractivity contribution is -0.180. The number of carbonyl (C=O) groups excluding carboxylic acids is 2. The first-order chi connectivity index (χ1) is 24.2. The van der Waals surface area contributed by atoms with Crippen molar-refractivity contribution in [1.29, 1.82) is 0 Å². The van der Waals surface area contributed by atoms with E-state index in [0.717, 1.165) is 17.5 Å². The molecule has 0 bridgehead atoms. The van der Waals surface area contributed by atoms with Gasteiger partial charge in [-0.15, -0.1) is 0 Å². The van der Waals surface area contributed by atoms with Gasteiger partial charge in [-0.05, 0) is 53.5 Å². The Labute approximate surface area is 304 Å². The number of pyridine rings is 2. The normalized spacial score (nSPS) is 31.8. The Morgan fingerprint density at radius 1 is 0.980 bits per heavy atom. The maximum atomic E-state index is 14.5. The van der Waals surface area contributed by atoms with Crippen LogP contribution in [0.25, 0.3) is 0 Å². The molecule has 0 unspecified atom stereocenters. The van der Waals surface area contributed by atoms with Gasteiger partial charge in [0.1, 0.15) is 23.9 Å². The van der Waals surface area contributed by atoms with Gasteiger partial charge in [0.05, 0.1) is 31.3 Å². The molecule has 4 rings (SSSR count). The van der Waals surface area contributed by atoms with Gasteiger partial charge in [-0.1, -0.05) is 79.3 Å². The Balaban J connectivity index is 1.96. The molecule has 280 valence electrons. The number of aromatic nitrogens is 2. The van der Waals surface area contributed by atoms with Gasteiger partial charge in [0.2, 0.25) is 0 Å². The Morgan fingerprint density at radius 2 is 1.61 bits per heavy atom. The maximum absolute atomic E-state index is 14.5. The molecule has 10 nitrogen and oxygen atoms in total. The topological polar surface area (TPSA) is 126 Å². The van der Waals surface area contributed by atoms with Crippen LogP contribution in [0, 0.1) is 29.1 Å². The number of ether oxygens (including phenoxy) is 5. The summed E-state index contributed by atoms with van der Waals surface area (Å²) in [5, 5.41) is 12.6. The summed E-state index contributed by atoms with van der Waals surface area (Å²) in [5.74, 6) is -2.67. The fourth-order valence-electron chi connectivity index (χ4n) is 7.39. The lowest BCUT2D eigenvalue weighted by atomic mass is 9.72. The smallest absolute Gasteiger partial charge is 0.303 e. The number of aliphatic hydroxyl groups is 1. The molecule has 0 radical (unpaired) electrons. The van der Waals surface area contributed by atoms with Crippen molar-refractivity contribution in [2.24, 2.45) is 29.1 Å². The standard InChI is InChI=1S/C41H58N2O8/c1-10-19-47-34-28(5)20-41(46)33(34)35(51-30(7)44)29(6)36(48-23-26(2)3)37(49-24-31-13-11-17-42-21-31)39(50-25-32-14-12-18-43-22-32)40(8,9)16-15-27(4)38(41)45/h11-18,21-22,26-28,33-37,39,46H,6,10,19-20,23-25H2,1-5,7-9H3/b16-15+/t27-,28+,33-,34+,35+,36+,37-,39-,41-/m1/s1. The lowest BCUT2D eigenvalue weighted by Crippen LogP contribution is -2.57. The van der Waals surface area contributed by atoms with Gasteiger partial charge in [-0.2, -0.15) is 0 Å². The van der Waals surface area contributed by atoms with Gasteiger partial charge >= 0.3 is 5.97 Å². The van der Waals surface area contributed by atoms with E-state index in [4.69, 9.17) is 23.7 Å². The Hall–Kier alpha value is -3.28. The zero-order valence-electron chi connectivity index (χ0n) is 31.6. The highest BCUT2D eigenvalue weighted by molar-refractivity contribution is 5.91. The molecular weight excluding hydrogens is 648 g/mol. The number of carbonyl (C=O) groups is 2. The lowest BCUT2D eigenvalue weighted by Gasteiger charge is -2.45. The van der Waals surface area contributed by atoms with Crippen LogP contribution in [-0.4, -0.2) is 76.2 Å². The highest BCUT2D eigenvalue weighted by Gasteiger charge is 2.62. The average molecular weight is 707 g/mol. The number of hydrogen-bond donors (Lipinski definition) is 1. The zero-order chi connectivity index (χ0) is 37.3. The van der Waals surface area contributed by atoms with Gasteiger partial charge in [-0.25, -0.2) is 0 Å². The van der Waals surface area contributed by atoms with Crippen molar-refractivity contribution in [2.75, 3.05) is 13.2 Å². The number of esters is 1. The molecule has 0 aromatic carbocycles. The molecule has 0 aliphatic heterocycles. The molecule has 0 saturated heterocycles. The summed E-state index contributed by atoms with van der Waals surface area (Å²) in [7, 11) is 0. The zero-order valence-corrected chi connectivity index (χ0v) is 31.6. The predicted octanol–water partition coefficient (Wildman–Crippen LogP) is 6.46. The van der Waals surface area contributed by atoms with E-state index < -0.39 is 59.3 Å². The molecule has 10 heteroatoms. The largest absolute Gasteiger partial charge is 0.457 e. The molecule has 2 aliphatic rings. The van der Waals surface area contributed by atoms with Gasteiger partial charge < -0.3 is 28.8 Å². The fourth-order valence-corrected chi connectivity index (χ4v) is 7.39. The maximum Gasteiger partial charge on any atom is 0.303 e. The van der Waals surface area contributed by atoms with Crippen LogP contribution in [0.3, 0.4) is 0 Å². The number of hydrogen-bond acceptors (Lipinski definition) is 10. The van der Waals surface area contributed by atoms with E-state index in [1.54, 1.807) is 31.7 Å². The first kappa shape index (κ1) is 40.5. The quantitative estimate of drug-likeness (QED) is 0.183. The summed E-state index contributed by atoms with van der Waals surface area (Å²) in [6.07, 6.45) is 7.46. The summed E-state index contributed by atoms with van der Waals surface area (Å²) >= 11 is 0. The second kappa shape index (κ2) is 18.0. The number of nitrogens with zero attached hydrogens (tertiary/aromatic N) is 2. The fraction of sp³-hybridized carbons (Fsp3) is 0.610. The van der Waals surface area contributed by atoms with Gasteiger partial charge in [-0.3, -0.25) is 19.6 Å². The molecule has 9 atom stereocenters. The first-order valence-electron chi connectivity index (χ1n) is 18.3. The van der Waals surface area contributed by atoms with E-state index in [0.29, 0.717) is 18.8 Å². The summed E-state index contributed by atoms with van der Waals surface area (Å²) in [5.41, 5.74) is -0.544. The van der Waals surface area contributed by atoms with Crippen LogP contribution < -0.4 is 0 Å². The highest BCUT2D eigenvalue weighted by atomic mass is 16.6. The van der Waals surface area contributed by atoms with Gasteiger partial charge in [0, 0.05) is 56.3 Å². The van der Waals surface area contributed by atoms with Gasteiger partial charge in [0.15, 0.2) is 5.78 Å². The molecule has 2 aromatic heterocycles. The third-order valence-corrected chi connectivity index (χ3v) is 9.88. The number of rotatable bonds is 13. The third-order valence-electron chi connectivity index (χ3n) is 9.88. The van der Waals surface area contributed by atoms with Crippen molar-refractivity contribution >= 4 is 11.8 Å². The van der Waals surface area contributed by atoms with E-state index in [1.165, 1.54) is 6.92 Å². The number of allylic oxidation sites excluding steroid dienone is 1. The summed E-state index contributed by atoms with van der Waals surface area (Å²) in [6.45, 7) is 20.9. The van der Waals surface area contributed by atoms with Crippen LogP contribution in [0.2, 0.25) is 0 Å². The van der Waals surface area contributed by atoms with Crippen molar-refractivity contribution in [1.82, 2.24) is 9.97 Å². The molecule has 1 saturated carbocycles. The van der Waals surface area contributed by atoms with Crippen molar-refractivity contribution in [2.45, 2.75) is 118 Å². The second-order valence-corrected chi connectivity index (χ2v) is 15.3. The first-order valence-corrected chi connectivity index (χ1v) is 18.3. The average Bonchev–Trinajstić information content (AvgIpc) is 3.35. The summed E-state index contributed by atoms with van der Waals surface area (Å²) < 4.78 is 33.0. The number of ketones is 1. The SMILES string of the molecule is C=C1[C@H](OCC(C)C)[C@@H](OCc2cccnc2)[C@@H](OCc2cccnc2)C(C)(C)/C=C/[C@@H](C)C(=O)[C@@]2(O)C[C@H](C)[C@H](OCCC)[C@@H]2[C@H]1OC(C)=O. The predicted molar refractivity (Wildman–Crippen MR) is 194 cm³/mol. The highest BCUT2D eigenvalue weighted by Crippen LogP contribution is 2.49. The van der Waals surface area contributed by atoms with Crippen LogP contribution in [0.15, 0.2) is 73.4 Å². The summed E-state index contributed by atoms with van der Waals surface area (Å²) in [6, 6.07) is 7.58. The van der Waals surface area contributed by atoms with Crippen molar-refractivity contribution in [3.8, 4) is 0 Å². The number of Topliss-reactive ketones (excluding diaryl/α,β-unsaturated/α-hetero) is 1. The minimum absolute atomic E-state index is 0.125.